The van der Waals surface area contributed by atoms with Crippen LogP contribution in [0.5, 0.6) is 0 Å². The molecule has 0 radical (unpaired) electrons. The molecule has 2 aliphatic rings. The van der Waals surface area contributed by atoms with Gasteiger partial charge in [-0.25, -0.2) is 0 Å². The standard InChI is InChI=1S/C21H34O2/c1-7-15(2)9-11-17-16(3)10-12-18-20(17,4)13-8-14-21(18,5)19(22)23-6/h8,12-13,15-17H,7,9-11,14H2,1-6H3/t15-,16+,17+,20-,21+/m1/s1. The lowest BCUT2D eigenvalue weighted by Gasteiger charge is -2.51. The highest BCUT2D eigenvalue weighted by Crippen LogP contribution is 2.57. The Labute approximate surface area is 142 Å². The Morgan fingerprint density at radius 2 is 2.13 bits per heavy atom. The van der Waals surface area contributed by atoms with Crippen LogP contribution < -0.4 is 0 Å². The first kappa shape index (κ1) is 18.3. The Balaban J connectivity index is 2.35. The van der Waals surface area contributed by atoms with E-state index in [1.54, 1.807) is 0 Å². The second-order valence-corrected chi connectivity index (χ2v) is 8.24. The summed E-state index contributed by atoms with van der Waals surface area (Å²) >= 11 is 0. The average molecular weight is 319 g/mol. The van der Waals surface area contributed by atoms with Gasteiger partial charge in [-0.05, 0) is 49.5 Å². The van der Waals surface area contributed by atoms with Gasteiger partial charge in [0.25, 0.3) is 0 Å². The molecule has 0 bridgehead atoms. The summed E-state index contributed by atoms with van der Waals surface area (Å²) in [5.41, 5.74) is 0.797. The summed E-state index contributed by atoms with van der Waals surface area (Å²) < 4.78 is 5.15. The molecule has 2 nitrogen and oxygen atoms in total. The Bertz CT molecular complexity index is 504. The maximum atomic E-state index is 12.5. The van der Waals surface area contributed by atoms with Gasteiger partial charge in [0.05, 0.1) is 12.5 Å². The number of hydrogen-bond donors (Lipinski definition) is 0. The largest absolute Gasteiger partial charge is 0.468 e. The van der Waals surface area contributed by atoms with Crippen LogP contribution in [0.3, 0.4) is 0 Å². The maximum Gasteiger partial charge on any atom is 0.316 e. The molecule has 0 fully saturated rings. The van der Waals surface area contributed by atoms with E-state index in [0.29, 0.717) is 11.8 Å². The van der Waals surface area contributed by atoms with E-state index in [0.717, 1.165) is 18.8 Å². The molecule has 0 aromatic carbocycles. The third kappa shape index (κ3) is 3.14. The van der Waals surface area contributed by atoms with Crippen LogP contribution >= 0.6 is 0 Å². The van der Waals surface area contributed by atoms with Crippen LogP contribution in [0.2, 0.25) is 0 Å². The molecule has 0 N–H and O–H groups in total. The second kappa shape index (κ2) is 6.83. The number of esters is 1. The van der Waals surface area contributed by atoms with Crippen molar-refractivity contribution in [2.75, 3.05) is 7.11 Å². The number of hydrogen-bond acceptors (Lipinski definition) is 2. The van der Waals surface area contributed by atoms with E-state index in [4.69, 9.17) is 4.74 Å². The van der Waals surface area contributed by atoms with Gasteiger partial charge in [-0.2, -0.15) is 0 Å². The van der Waals surface area contributed by atoms with E-state index < -0.39 is 5.41 Å². The van der Waals surface area contributed by atoms with Gasteiger partial charge in [-0.1, -0.05) is 58.8 Å². The fourth-order valence-corrected chi connectivity index (χ4v) is 4.83. The number of carbonyl (C=O) groups excluding carboxylic acids is 1. The predicted molar refractivity (Wildman–Crippen MR) is 96.0 cm³/mol. The number of ether oxygens (including phenoxy) is 1. The first-order chi connectivity index (χ1) is 10.8. The van der Waals surface area contributed by atoms with Crippen LogP contribution in [-0.2, 0) is 9.53 Å². The molecule has 0 saturated heterocycles. The summed E-state index contributed by atoms with van der Waals surface area (Å²) in [6.07, 6.45) is 12.5. The first-order valence-corrected chi connectivity index (χ1v) is 9.26. The average Bonchev–Trinajstić information content (AvgIpc) is 2.52. The van der Waals surface area contributed by atoms with Crippen molar-refractivity contribution in [1.82, 2.24) is 0 Å². The summed E-state index contributed by atoms with van der Waals surface area (Å²) in [5.74, 6) is 1.96. The van der Waals surface area contributed by atoms with Gasteiger partial charge < -0.3 is 4.74 Å². The van der Waals surface area contributed by atoms with E-state index in [9.17, 15) is 4.79 Å². The number of fused-ring (bicyclic) bond motifs is 1. The topological polar surface area (TPSA) is 26.3 Å². The van der Waals surface area contributed by atoms with Crippen molar-refractivity contribution in [2.45, 2.75) is 66.7 Å². The highest BCUT2D eigenvalue weighted by Gasteiger charge is 2.52. The Morgan fingerprint density at radius 3 is 2.74 bits per heavy atom. The molecular formula is C21H34O2. The van der Waals surface area contributed by atoms with Crippen LogP contribution in [0.15, 0.2) is 23.8 Å². The van der Waals surface area contributed by atoms with Crippen molar-refractivity contribution in [3.63, 3.8) is 0 Å². The summed E-state index contributed by atoms with van der Waals surface area (Å²) in [6, 6.07) is 0. The van der Waals surface area contributed by atoms with Crippen LogP contribution in [0.25, 0.3) is 0 Å². The maximum absolute atomic E-state index is 12.5. The molecule has 5 atom stereocenters. The fraction of sp³-hybridized carbons (Fsp3) is 0.762. The molecule has 23 heavy (non-hydrogen) atoms. The van der Waals surface area contributed by atoms with Gasteiger partial charge >= 0.3 is 5.97 Å². The van der Waals surface area contributed by atoms with Crippen LogP contribution in [-0.4, -0.2) is 13.1 Å². The molecule has 0 unspecified atom stereocenters. The van der Waals surface area contributed by atoms with Crippen LogP contribution in [0, 0.1) is 28.6 Å². The predicted octanol–water partition coefficient (Wildman–Crippen LogP) is 5.54. The lowest BCUT2D eigenvalue weighted by molar-refractivity contribution is -0.150. The Morgan fingerprint density at radius 1 is 1.43 bits per heavy atom. The first-order valence-electron chi connectivity index (χ1n) is 9.26. The van der Waals surface area contributed by atoms with Crippen LogP contribution in [0.4, 0.5) is 0 Å². The van der Waals surface area contributed by atoms with Gasteiger partial charge in [0.1, 0.15) is 0 Å². The summed E-state index contributed by atoms with van der Waals surface area (Å²) in [5, 5.41) is 0. The third-order valence-corrected chi connectivity index (χ3v) is 6.62. The quantitative estimate of drug-likeness (QED) is 0.491. The molecule has 0 aromatic rings. The summed E-state index contributed by atoms with van der Waals surface area (Å²) in [7, 11) is 1.51. The van der Waals surface area contributed by atoms with E-state index in [2.05, 4.69) is 52.8 Å². The van der Waals surface area contributed by atoms with E-state index in [-0.39, 0.29) is 11.4 Å². The molecule has 0 aliphatic heterocycles. The van der Waals surface area contributed by atoms with Gasteiger partial charge in [-0.3, -0.25) is 4.79 Å². The van der Waals surface area contributed by atoms with Crippen molar-refractivity contribution in [2.24, 2.45) is 28.6 Å². The molecule has 2 rings (SSSR count). The minimum atomic E-state index is -0.493. The van der Waals surface area contributed by atoms with Gasteiger partial charge in [0.15, 0.2) is 0 Å². The second-order valence-electron chi connectivity index (χ2n) is 8.24. The lowest BCUT2D eigenvalue weighted by Crippen LogP contribution is -2.46. The fourth-order valence-electron chi connectivity index (χ4n) is 4.83. The van der Waals surface area contributed by atoms with E-state index >= 15 is 0 Å². The molecule has 2 heteroatoms. The van der Waals surface area contributed by atoms with E-state index in [1.165, 1.54) is 31.9 Å². The minimum Gasteiger partial charge on any atom is -0.468 e. The SMILES string of the molecule is CC[C@@H](C)CC[C@H]1[C@@H](C)CC=C2[C@@](C)(C(=O)OC)CC=C[C@@]21C. The third-order valence-electron chi connectivity index (χ3n) is 6.62. The molecule has 130 valence electrons. The smallest absolute Gasteiger partial charge is 0.316 e. The number of rotatable bonds is 5. The highest BCUT2D eigenvalue weighted by atomic mass is 16.5. The Hall–Kier alpha value is -1.05. The molecule has 0 heterocycles. The van der Waals surface area contributed by atoms with Crippen molar-refractivity contribution in [3.05, 3.63) is 23.8 Å². The highest BCUT2D eigenvalue weighted by molar-refractivity contribution is 5.81. The number of allylic oxidation sites excluding steroid dienone is 3. The summed E-state index contributed by atoms with van der Waals surface area (Å²) in [6.45, 7) is 11.4. The number of methoxy groups -OCH3 is 1. The van der Waals surface area contributed by atoms with Crippen LogP contribution in [0.1, 0.15) is 66.7 Å². The number of carbonyl (C=O) groups is 1. The van der Waals surface area contributed by atoms with Crippen molar-refractivity contribution in [3.8, 4) is 0 Å². The zero-order valence-corrected chi connectivity index (χ0v) is 15.8. The molecular weight excluding hydrogens is 284 g/mol. The normalized spacial score (nSPS) is 37.7. The Kier molecular flexibility index (Phi) is 5.43. The van der Waals surface area contributed by atoms with Crippen molar-refractivity contribution < 1.29 is 9.53 Å². The zero-order chi connectivity index (χ0) is 17.3. The van der Waals surface area contributed by atoms with Gasteiger partial charge in [0, 0.05) is 5.41 Å². The minimum absolute atomic E-state index is 0.00762. The van der Waals surface area contributed by atoms with Crippen molar-refractivity contribution >= 4 is 5.97 Å². The molecule has 0 saturated carbocycles. The molecule has 0 aromatic heterocycles. The molecule has 2 aliphatic carbocycles. The molecule has 0 amide bonds. The molecule has 0 spiro atoms. The van der Waals surface area contributed by atoms with E-state index in [1.807, 2.05) is 0 Å². The summed E-state index contributed by atoms with van der Waals surface area (Å²) in [4.78, 5) is 12.5. The van der Waals surface area contributed by atoms with Crippen molar-refractivity contribution in [1.29, 1.82) is 0 Å². The van der Waals surface area contributed by atoms with Gasteiger partial charge in [-0.15, -0.1) is 0 Å². The monoisotopic (exact) mass is 318 g/mol. The zero-order valence-electron chi connectivity index (χ0n) is 15.8. The van der Waals surface area contributed by atoms with Gasteiger partial charge in [0.2, 0.25) is 0 Å². The lowest BCUT2D eigenvalue weighted by atomic mass is 9.52.